The van der Waals surface area contributed by atoms with Crippen LogP contribution in [0, 0.1) is 5.92 Å². The monoisotopic (exact) mass is 268 g/mol. The van der Waals surface area contributed by atoms with Crippen LogP contribution in [0.25, 0.3) is 0 Å². The average Bonchev–Trinajstić information content (AvgIpc) is 2.34. The second kappa shape index (κ2) is 7.01. The van der Waals surface area contributed by atoms with Gasteiger partial charge in [0.15, 0.2) is 0 Å². The number of aromatic nitrogens is 1. The molecule has 0 unspecified atom stereocenters. The van der Waals surface area contributed by atoms with Crippen LogP contribution >= 0.6 is 11.6 Å². The van der Waals surface area contributed by atoms with Crippen molar-refractivity contribution in [2.45, 2.75) is 20.4 Å². The van der Waals surface area contributed by atoms with Crippen LogP contribution in [0.2, 0.25) is 5.02 Å². The summed E-state index contributed by atoms with van der Waals surface area (Å²) in [5.41, 5.74) is 0.812. The number of carbonyl (C=O) groups excluding carboxylic acids is 1. The van der Waals surface area contributed by atoms with Crippen molar-refractivity contribution in [1.29, 1.82) is 0 Å². The number of rotatable bonds is 6. The Morgan fingerprint density at radius 2 is 2.39 bits per heavy atom. The fourth-order valence-corrected chi connectivity index (χ4v) is 1.42. The molecule has 1 aromatic rings. The summed E-state index contributed by atoms with van der Waals surface area (Å²) in [6.45, 7) is 8.40. The smallest absolute Gasteiger partial charge is 0.243 e. The summed E-state index contributed by atoms with van der Waals surface area (Å²) in [6, 6.07) is 1.73. The van der Waals surface area contributed by atoms with E-state index in [9.17, 15) is 4.79 Å². The number of nitrogens with zero attached hydrogens (tertiary/aromatic N) is 1. The first-order chi connectivity index (χ1) is 8.52. The van der Waals surface area contributed by atoms with E-state index in [1.165, 1.54) is 6.08 Å². The number of nitrogens with one attached hydrogen (secondary N) is 1. The van der Waals surface area contributed by atoms with Crippen molar-refractivity contribution >= 4 is 17.5 Å². The molecule has 0 fully saturated rings. The Balaban J connectivity index is 2.61. The van der Waals surface area contributed by atoms with E-state index in [2.05, 4.69) is 16.9 Å². The van der Waals surface area contributed by atoms with E-state index in [4.69, 9.17) is 16.3 Å². The van der Waals surface area contributed by atoms with Gasteiger partial charge in [-0.2, -0.15) is 0 Å². The highest BCUT2D eigenvalue weighted by Crippen LogP contribution is 2.22. The number of amides is 1. The molecule has 1 aromatic heterocycles. The van der Waals surface area contributed by atoms with E-state index in [1.54, 1.807) is 12.3 Å². The van der Waals surface area contributed by atoms with Crippen molar-refractivity contribution in [1.82, 2.24) is 10.3 Å². The lowest BCUT2D eigenvalue weighted by molar-refractivity contribution is -0.116. The summed E-state index contributed by atoms with van der Waals surface area (Å²) < 4.78 is 5.45. The van der Waals surface area contributed by atoms with Gasteiger partial charge in [-0.15, -0.1) is 0 Å². The molecular weight excluding hydrogens is 252 g/mol. The molecule has 0 aliphatic carbocycles. The fraction of sp³-hybridized carbons (Fsp3) is 0.385. The molecule has 0 saturated carbocycles. The van der Waals surface area contributed by atoms with Crippen molar-refractivity contribution in [2.75, 3.05) is 6.61 Å². The minimum Gasteiger partial charge on any atom is -0.476 e. The maximum Gasteiger partial charge on any atom is 0.243 e. The standard InChI is InChI=1S/C13H17ClN2O2/c1-4-12(17)15-6-10-5-11(14)13(16-7-10)18-8-9(2)3/h4-5,7,9H,1,6,8H2,2-3H3,(H,15,17). The average molecular weight is 269 g/mol. The zero-order valence-corrected chi connectivity index (χ0v) is 11.3. The summed E-state index contributed by atoms with van der Waals surface area (Å²) >= 11 is 6.04. The molecule has 0 aliphatic rings. The molecule has 0 radical (unpaired) electrons. The third-order valence-electron chi connectivity index (χ3n) is 2.07. The largest absolute Gasteiger partial charge is 0.476 e. The van der Waals surface area contributed by atoms with Crippen molar-refractivity contribution in [3.63, 3.8) is 0 Å². The van der Waals surface area contributed by atoms with E-state index in [1.807, 2.05) is 13.8 Å². The minimum atomic E-state index is -0.230. The number of halogens is 1. The van der Waals surface area contributed by atoms with Gasteiger partial charge in [0.2, 0.25) is 11.8 Å². The van der Waals surface area contributed by atoms with Gasteiger partial charge in [-0.25, -0.2) is 4.98 Å². The van der Waals surface area contributed by atoms with Crippen LogP contribution in [0.15, 0.2) is 24.9 Å². The molecule has 1 N–H and O–H groups in total. The number of hydrogen-bond donors (Lipinski definition) is 1. The zero-order valence-electron chi connectivity index (χ0n) is 10.6. The number of carbonyl (C=O) groups is 1. The van der Waals surface area contributed by atoms with Crippen molar-refractivity contribution in [3.8, 4) is 5.88 Å². The van der Waals surface area contributed by atoms with Gasteiger partial charge in [0.05, 0.1) is 6.61 Å². The molecule has 1 rings (SSSR count). The van der Waals surface area contributed by atoms with Gasteiger partial charge in [-0.3, -0.25) is 4.79 Å². The molecule has 0 aliphatic heterocycles. The van der Waals surface area contributed by atoms with E-state index in [0.29, 0.717) is 30.0 Å². The summed E-state index contributed by atoms with van der Waals surface area (Å²) in [6.07, 6.45) is 2.85. The maximum atomic E-state index is 11.0. The Morgan fingerprint density at radius 3 is 2.94 bits per heavy atom. The third-order valence-corrected chi connectivity index (χ3v) is 2.34. The normalized spacial score (nSPS) is 10.2. The molecule has 18 heavy (non-hydrogen) atoms. The molecule has 0 spiro atoms. The summed E-state index contributed by atoms with van der Waals surface area (Å²) in [5.74, 6) is 0.602. The van der Waals surface area contributed by atoms with Crippen molar-refractivity contribution in [2.24, 2.45) is 5.92 Å². The fourth-order valence-electron chi connectivity index (χ4n) is 1.17. The highest BCUT2D eigenvalue weighted by atomic mass is 35.5. The van der Waals surface area contributed by atoms with Crippen LogP contribution in [0.3, 0.4) is 0 Å². The van der Waals surface area contributed by atoms with Crippen LogP contribution in [0.5, 0.6) is 5.88 Å². The Hall–Kier alpha value is -1.55. The van der Waals surface area contributed by atoms with Gasteiger partial charge in [0.1, 0.15) is 5.02 Å². The van der Waals surface area contributed by atoms with E-state index < -0.39 is 0 Å². The third kappa shape index (κ3) is 4.75. The Bertz CT molecular complexity index is 433. The molecular formula is C13H17ClN2O2. The Morgan fingerprint density at radius 1 is 1.67 bits per heavy atom. The number of ether oxygens (including phenoxy) is 1. The molecule has 1 heterocycles. The topological polar surface area (TPSA) is 51.2 Å². The van der Waals surface area contributed by atoms with Gasteiger partial charge in [0, 0.05) is 12.7 Å². The molecule has 1 amide bonds. The number of hydrogen-bond acceptors (Lipinski definition) is 3. The van der Waals surface area contributed by atoms with E-state index in [0.717, 1.165) is 5.56 Å². The zero-order chi connectivity index (χ0) is 13.5. The van der Waals surface area contributed by atoms with E-state index in [-0.39, 0.29) is 5.91 Å². The first-order valence-corrected chi connectivity index (χ1v) is 6.08. The molecule has 5 heteroatoms. The first-order valence-electron chi connectivity index (χ1n) is 5.70. The Labute approximate surface area is 112 Å². The van der Waals surface area contributed by atoms with Gasteiger partial charge >= 0.3 is 0 Å². The van der Waals surface area contributed by atoms with Gasteiger partial charge in [-0.05, 0) is 23.6 Å². The molecule has 0 atom stereocenters. The highest BCUT2D eigenvalue weighted by molar-refractivity contribution is 6.31. The van der Waals surface area contributed by atoms with Crippen LogP contribution in [0.4, 0.5) is 0 Å². The number of pyridine rings is 1. The Kier molecular flexibility index (Phi) is 5.65. The van der Waals surface area contributed by atoms with Crippen LogP contribution < -0.4 is 10.1 Å². The van der Waals surface area contributed by atoms with Crippen molar-refractivity contribution in [3.05, 3.63) is 35.5 Å². The van der Waals surface area contributed by atoms with Gasteiger partial charge < -0.3 is 10.1 Å². The summed E-state index contributed by atoms with van der Waals surface area (Å²) in [7, 11) is 0. The van der Waals surface area contributed by atoms with Crippen LogP contribution in [0.1, 0.15) is 19.4 Å². The summed E-state index contributed by atoms with van der Waals surface area (Å²) in [5, 5.41) is 3.09. The second-order valence-electron chi connectivity index (χ2n) is 4.26. The quantitative estimate of drug-likeness (QED) is 0.807. The molecule has 4 nitrogen and oxygen atoms in total. The second-order valence-corrected chi connectivity index (χ2v) is 4.66. The molecule has 0 saturated heterocycles. The SMILES string of the molecule is C=CC(=O)NCc1cnc(OCC(C)C)c(Cl)c1. The lowest BCUT2D eigenvalue weighted by atomic mass is 10.2. The molecule has 98 valence electrons. The lowest BCUT2D eigenvalue weighted by Gasteiger charge is -2.10. The predicted molar refractivity (Wildman–Crippen MR) is 71.6 cm³/mol. The predicted octanol–water partition coefficient (Wildman–Crippen LogP) is 2.57. The van der Waals surface area contributed by atoms with Gasteiger partial charge in [-0.1, -0.05) is 32.0 Å². The highest BCUT2D eigenvalue weighted by Gasteiger charge is 2.06. The lowest BCUT2D eigenvalue weighted by Crippen LogP contribution is -2.20. The van der Waals surface area contributed by atoms with Crippen molar-refractivity contribution < 1.29 is 9.53 Å². The molecule has 0 aromatic carbocycles. The van der Waals surface area contributed by atoms with Gasteiger partial charge in [0.25, 0.3) is 0 Å². The maximum absolute atomic E-state index is 11.0. The van der Waals surface area contributed by atoms with Crippen LogP contribution in [-0.4, -0.2) is 17.5 Å². The first kappa shape index (κ1) is 14.5. The van der Waals surface area contributed by atoms with E-state index >= 15 is 0 Å². The molecule has 0 bridgehead atoms. The summed E-state index contributed by atoms with van der Waals surface area (Å²) in [4.78, 5) is 15.1. The van der Waals surface area contributed by atoms with Crippen LogP contribution in [-0.2, 0) is 11.3 Å². The minimum absolute atomic E-state index is 0.230.